The molecule has 7 heteroatoms. The highest BCUT2D eigenvalue weighted by Crippen LogP contribution is 2.30. The first-order valence-electron chi connectivity index (χ1n) is 9.30. The number of hydrogen-bond acceptors (Lipinski definition) is 4. The third-order valence-electron chi connectivity index (χ3n) is 4.34. The maximum absolute atomic E-state index is 12.2. The van der Waals surface area contributed by atoms with Crippen molar-refractivity contribution in [2.24, 2.45) is 0 Å². The van der Waals surface area contributed by atoms with E-state index in [1.807, 2.05) is 0 Å². The van der Waals surface area contributed by atoms with E-state index in [2.05, 4.69) is 6.07 Å². The van der Waals surface area contributed by atoms with Crippen LogP contribution in [-0.2, 0) is 4.79 Å². The molecule has 0 aromatic heterocycles. The summed E-state index contributed by atoms with van der Waals surface area (Å²) in [5.74, 6) is 0.0124. The van der Waals surface area contributed by atoms with Crippen molar-refractivity contribution in [3.8, 4) is 17.6 Å². The fraction of sp³-hybridized carbons (Fsp3) is 0.0400. The molecule has 0 unspecified atom stereocenters. The maximum atomic E-state index is 12.2. The monoisotopic (exact) mass is 483 g/mol. The van der Waals surface area contributed by atoms with Crippen LogP contribution in [0.4, 0.5) is 0 Å². The molecule has 0 amide bonds. The van der Waals surface area contributed by atoms with Gasteiger partial charge in [0.2, 0.25) is 0 Å². The van der Waals surface area contributed by atoms with Crippen LogP contribution in [0.15, 0.2) is 66.7 Å². The van der Waals surface area contributed by atoms with Gasteiger partial charge in [-0.3, -0.25) is 0 Å². The Morgan fingerprint density at radius 1 is 0.906 bits per heavy atom. The van der Waals surface area contributed by atoms with Gasteiger partial charge in [-0.25, -0.2) is 4.79 Å². The van der Waals surface area contributed by atoms with Crippen LogP contribution in [0, 0.1) is 11.3 Å². The average molecular weight is 485 g/mol. The summed E-state index contributed by atoms with van der Waals surface area (Å²) < 4.78 is 10.7. The number of nitrogens with zero attached hydrogens (tertiary/aromatic N) is 1. The number of hydrogen-bond donors (Lipinski definition) is 0. The van der Waals surface area contributed by atoms with Crippen molar-refractivity contribution in [2.75, 3.05) is 7.11 Å². The largest absolute Gasteiger partial charge is 0.493 e. The second-order valence-corrected chi connectivity index (χ2v) is 7.77. The number of carbonyl (C=O) groups is 1. The van der Waals surface area contributed by atoms with Gasteiger partial charge in [-0.05, 0) is 65.2 Å². The first-order chi connectivity index (χ1) is 15.4. The van der Waals surface area contributed by atoms with Crippen LogP contribution < -0.4 is 9.47 Å². The molecule has 0 radical (unpaired) electrons. The Kier molecular flexibility index (Phi) is 7.97. The third kappa shape index (κ3) is 6.15. The summed E-state index contributed by atoms with van der Waals surface area (Å²) in [6.45, 7) is 0. The lowest BCUT2D eigenvalue weighted by molar-refractivity contribution is -0.129. The summed E-state index contributed by atoms with van der Waals surface area (Å²) in [4.78, 5) is 12.2. The van der Waals surface area contributed by atoms with Crippen molar-refractivity contribution >= 4 is 58.5 Å². The Morgan fingerprint density at radius 2 is 1.62 bits per heavy atom. The van der Waals surface area contributed by atoms with Crippen LogP contribution in [0.3, 0.4) is 0 Å². The predicted molar refractivity (Wildman–Crippen MR) is 129 cm³/mol. The number of halogens is 3. The molecule has 0 saturated carbocycles. The number of allylic oxidation sites excluding steroid dienone is 1. The lowest BCUT2D eigenvalue weighted by atomic mass is 10.0. The van der Waals surface area contributed by atoms with E-state index in [1.165, 1.54) is 13.2 Å². The number of benzene rings is 3. The SMILES string of the molecule is COc1cc(/C=C(\C#N)c2ccc(Cl)cc2)ccc1OC(=O)/C=C/c1ccc(Cl)c(Cl)c1. The van der Waals surface area contributed by atoms with Gasteiger partial charge < -0.3 is 9.47 Å². The van der Waals surface area contributed by atoms with Crippen LogP contribution >= 0.6 is 34.8 Å². The number of carbonyl (C=O) groups excluding carboxylic acids is 1. The average Bonchev–Trinajstić information content (AvgIpc) is 2.79. The van der Waals surface area contributed by atoms with E-state index >= 15 is 0 Å². The van der Waals surface area contributed by atoms with Crippen molar-refractivity contribution in [2.45, 2.75) is 0 Å². The van der Waals surface area contributed by atoms with Crippen LogP contribution in [0.25, 0.3) is 17.7 Å². The summed E-state index contributed by atoms with van der Waals surface area (Å²) in [5.41, 5.74) is 2.60. The van der Waals surface area contributed by atoms with Crippen molar-refractivity contribution in [3.63, 3.8) is 0 Å². The standard InChI is InChI=1S/C25H16Cl3NO3/c1-31-24-14-17(12-19(15-29)18-5-7-20(26)8-6-18)3-10-23(24)32-25(30)11-4-16-2-9-21(27)22(28)13-16/h2-14H,1H3/b11-4+,19-12+. The lowest BCUT2D eigenvalue weighted by Crippen LogP contribution is -2.05. The van der Waals surface area contributed by atoms with Crippen LogP contribution in [0.5, 0.6) is 11.5 Å². The quantitative estimate of drug-likeness (QED) is 0.121. The van der Waals surface area contributed by atoms with Crippen molar-refractivity contribution < 1.29 is 14.3 Å². The van der Waals surface area contributed by atoms with Gasteiger partial charge in [0.25, 0.3) is 0 Å². The predicted octanol–water partition coefficient (Wildman–Crippen LogP) is 7.34. The zero-order valence-corrected chi connectivity index (χ0v) is 19.1. The van der Waals surface area contributed by atoms with Crippen LogP contribution in [0.2, 0.25) is 15.1 Å². The molecule has 0 fully saturated rings. The van der Waals surface area contributed by atoms with Crippen molar-refractivity contribution in [1.29, 1.82) is 5.26 Å². The topological polar surface area (TPSA) is 59.3 Å². The molecule has 0 aliphatic heterocycles. The van der Waals surface area contributed by atoms with E-state index in [-0.39, 0.29) is 5.75 Å². The molecule has 0 bridgehead atoms. The van der Waals surface area contributed by atoms with E-state index in [0.717, 1.165) is 5.56 Å². The van der Waals surface area contributed by atoms with E-state index in [9.17, 15) is 10.1 Å². The molecule has 0 spiro atoms. The van der Waals surface area contributed by atoms with Gasteiger partial charge in [0.15, 0.2) is 11.5 Å². The van der Waals surface area contributed by atoms with Crippen molar-refractivity contribution in [1.82, 2.24) is 0 Å². The van der Waals surface area contributed by atoms with Gasteiger partial charge >= 0.3 is 5.97 Å². The minimum Gasteiger partial charge on any atom is -0.493 e. The highest BCUT2D eigenvalue weighted by atomic mass is 35.5. The highest BCUT2D eigenvalue weighted by molar-refractivity contribution is 6.42. The Labute approximate surface area is 200 Å². The first-order valence-corrected chi connectivity index (χ1v) is 10.4. The molecule has 0 atom stereocenters. The summed E-state index contributed by atoms with van der Waals surface area (Å²) >= 11 is 17.8. The molecule has 0 aliphatic rings. The van der Waals surface area contributed by atoms with E-state index in [0.29, 0.717) is 37.5 Å². The zero-order valence-electron chi connectivity index (χ0n) is 16.8. The molecule has 4 nitrogen and oxygen atoms in total. The van der Waals surface area contributed by atoms with Crippen LogP contribution in [0.1, 0.15) is 16.7 Å². The Bertz CT molecular complexity index is 1240. The molecule has 3 aromatic rings. The molecule has 0 saturated heterocycles. The van der Waals surface area contributed by atoms with Gasteiger partial charge in [-0.1, -0.05) is 59.1 Å². The van der Waals surface area contributed by atoms with E-state index in [4.69, 9.17) is 44.3 Å². The lowest BCUT2D eigenvalue weighted by Gasteiger charge is -2.09. The minimum absolute atomic E-state index is 0.249. The Hall–Kier alpha value is -3.23. The molecule has 0 heterocycles. The fourth-order valence-electron chi connectivity index (χ4n) is 2.76. The number of nitriles is 1. The molecular weight excluding hydrogens is 469 g/mol. The fourth-order valence-corrected chi connectivity index (χ4v) is 3.19. The maximum Gasteiger partial charge on any atom is 0.336 e. The van der Waals surface area contributed by atoms with E-state index < -0.39 is 5.97 Å². The number of rotatable bonds is 6. The molecule has 0 aliphatic carbocycles. The molecule has 3 aromatic carbocycles. The Morgan fingerprint density at radius 3 is 2.28 bits per heavy atom. The van der Waals surface area contributed by atoms with Gasteiger partial charge in [-0.2, -0.15) is 5.26 Å². The van der Waals surface area contributed by atoms with Gasteiger partial charge in [0.05, 0.1) is 28.8 Å². The summed E-state index contributed by atoms with van der Waals surface area (Å²) in [5, 5.41) is 10.9. The number of esters is 1. The second-order valence-electron chi connectivity index (χ2n) is 6.51. The van der Waals surface area contributed by atoms with Gasteiger partial charge in [-0.15, -0.1) is 0 Å². The minimum atomic E-state index is -0.587. The number of ether oxygens (including phenoxy) is 2. The smallest absolute Gasteiger partial charge is 0.336 e. The van der Waals surface area contributed by atoms with Crippen molar-refractivity contribution in [3.05, 3.63) is 98.5 Å². The van der Waals surface area contributed by atoms with Gasteiger partial charge in [0.1, 0.15) is 0 Å². The summed E-state index contributed by atoms with van der Waals surface area (Å²) in [7, 11) is 1.47. The second kappa shape index (κ2) is 10.9. The zero-order chi connectivity index (χ0) is 23.1. The molecule has 32 heavy (non-hydrogen) atoms. The van der Waals surface area contributed by atoms with E-state index in [1.54, 1.807) is 72.8 Å². The highest BCUT2D eigenvalue weighted by Gasteiger charge is 2.10. The first kappa shape index (κ1) is 23.4. The molecule has 160 valence electrons. The Balaban J connectivity index is 1.78. The molecular formula is C25H16Cl3NO3. The normalized spacial score (nSPS) is 11.3. The van der Waals surface area contributed by atoms with Crippen LogP contribution in [-0.4, -0.2) is 13.1 Å². The van der Waals surface area contributed by atoms with Gasteiger partial charge in [0, 0.05) is 11.1 Å². The summed E-state index contributed by atoms with van der Waals surface area (Å²) in [6, 6.07) is 19.2. The molecule has 0 N–H and O–H groups in total. The summed E-state index contributed by atoms with van der Waals surface area (Å²) in [6.07, 6.45) is 4.56. The number of methoxy groups -OCH3 is 1. The molecule has 3 rings (SSSR count). The third-order valence-corrected chi connectivity index (χ3v) is 5.33.